The molecule has 2 unspecified atom stereocenters. The minimum atomic E-state index is 0.430. The van der Waals surface area contributed by atoms with Crippen molar-refractivity contribution in [3.05, 3.63) is 29.3 Å². The molecule has 1 saturated carbocycles. The Morgan fingerprint density at radius 2 is 2.00 bits per heavy atom. The van der Waals surface area contributed by atoms with Crippen LogP contribution in [0.4, 0.5) is 0 Å². The topological polar surface area (TPSA) is 20.2 Å². The lowest BCUT2D eigenvalue weighted by molar-refractivity contribution is 0.263. The van der Waals surface area contributed by atoms with Crippen molar-refractivity contribution in [3.8, 4) is 5.75 Å². The first-order chi connectivity index (χ1) is 9.57. The first-order valence-electron chi connectivity index (χ1n) is 8.39. The van der Waals surface area contributed by atoms with Gasteiger partial charge in [0.15, 0.2) is 0 Å². The summed E-state index contributed by atoms with van der Waals surface area (Å²) in [6.07, 6.45) is 10.8. The first kappa shape index (κ1) is 14.0. The molecule has 2 aliphatic carbocycles. The van der Waals surface area contributed by atoms with E-state index in [9.17, 15) is 5.11 Å². The van der Waals surface area contributed by atoms with E-state index in [1.54, 1.807) is 0 Å². The van der Waals surface area contributed by atoms with Crippen LogP contribution in [0.15, 0.2) is 18.2 Å². The number of aromatic hydroxyl groups is 1. The van der Waals surface area contributed by atoms with Gasteiger partial charge in [0, 0.05) is 0 Å². The van der Waals surface area contributed by atoms with E-state index >= 15 is 0 Å². The molecule has 0 heterocycles. The van der Waals surface area contributed by atoms with Gasteiger partial charge in [0.1, 0.15) is 5.75 Å². The molecular weight excluding hydrogens is 244 g/mol. The molecule has 1 aromatic rings. The number of rotatable bonds is 3. The molecule has 2 atom stereocenters. The summed E-state index contributed by atoms with van der Waals surface area (Å²) >= 11 is 0. The number of fused-ring (bicyclic) bond motifs is 1. The van der Waals surface area contributed by atoms with Gasteiger partial charge in [-0.1, -0.05) is 32.8 Å². The Labute approximate surface area is 123 Å². The van der Waals surface area contributed by atoms with E-state index in [4.69, 9.17) is 0 Å². The van der Waals surface area contributed by atoms with Crippen LogP contribution in [0, 0.1) is 11.3 Å². The molecule has 0 aromatic heterocycles. The van der Waals surface area contributed by atoms with E-state index in [0.717, 1.165) is 12.3 Å². The van der Waals surface area contributed by atoms with Crippen LogP contribution >= 0.6 is 0 Å². The smallest absolute Gasteiger partial charge is 0.115 e. The minimum Gasteiger partial charge on any atom is -0.508 e. The van der Waals surface area contributed by atoms with Crippen molar-refractivity contribution < 1.29 is 5.11 Å². The highest BCUT2D eigenvalue weighted by Gasteiger charge is 2.32. The molecule has 3 rings (SSSR count). The summed E-state index contributed by atoms with van der Waals surface area (Å²) in [5, 5.41) is 9.68. The normalized spacial score (nSPS) is 28.3. The zero-order chi connectivity index (χ0) is 14.2. The van der Waals surface area contributed by atoms with E-state index in [2.05, 4.69) is 19.9 Å². The fraction of sp³-hybridized carbons (Fsp3) is 0.684. The van der Waals surface area contributed by atoms with Gasteiger partial charge < -0.3 is 5.11 Å². The highest BCUT2D eigenvalue weighted by atomic mass is 16.3. The predicted molar refractivity (Wildman–Crippen MR) is 84.1 cm³/mol. The molecule has 1 heteroatoms. The third-order valence-electron chi connectivity index (χ3n) is 5.95. The van der Waals surface area contributed by atoms with E-state index in [0.29, 0.717) is 17.1 Å². The fourth-order valence-electron chi connectivity index (χ4n) is 4.48. The Hall–Kier alpha value is -0.980. The summed E-state index contributed by atoms with van der Waals surface area (Å²) < 4.78 is 0. The number of phenolic OH excluding ortho intramolecular Hbond substituents is 1. The third kappa shape index (κ3) is 2.73. The molecule has 0 spiro atoms. The summed E-state index contributed by atoms with van der Waals surface area (Å²) in [4.78, 5) is 0. The Bertz CT molecular complexity index is 471. The molecular formula is C19H28O. The number of phenols is 1. The van der Waals surface area contributed by atoms with Crippen LogP contribution in [-0.4, -0.2) is 5.11 Å². The van der Waals surface area contributed by atoms with Crippen LogP contribution in [0.1, 0.15) is 75.8 Å². The monoisotopic (exact) mass is 272 g/mol. The molecule has 0 aliphatic heterocycles. The van der Waals surface area contributed by atoms with Crippen molar-refractivity contribution in [2.45, 2.75) is 71.1 Å². The van der Waals surface area contributed by atoms with Gasteiger partial charge in [0.05, 0.1) is 0 Å². The second-order valence-corrected chi connectivity index (χ2v) is 7.56. The fourth-order valence-corrected chi connectivity index (χ4v) is 4.48. The molecule has 1 fully saturated rings. The summed E-state index contributed by atoms with van der Waals surface area (Å²) in [7, 11) is 0. The van der Waals surface area contributed by atoms with E-state index < -0.39 is 0 Å². The van der Waals surface area contributed by atoms with Crippen LogP contribution in [0.5, 0.6) is 5.75 Å². The summed E-state index contributed by atoms with van der Waals surface area (Å²) in [6.45, 7) is 4.91. The molecule has 20 heavy (non-hydrogen) atoms. The van der Waals surface area contributed by atoms with Gasteiger partial charge in [-0.2, -0.15) is 0 Å². The minimum absolute atomic E-state index is 0.430. The van der Waals surface area contributed by atoms with Crippen LogP contribution < -0.4 is 0 Å². The van der Waals surface area contributed by atoms with Crippen LogP contribution in [0.25, 0.3) is 0 Å². The molecule has 0 radical (unpaired) electrons. The predicted octanol–water partition coefficient (Wildman–Crippen LogP) is 5.42. The van der Waals surface area contributed by atoms with Gasteiger partial charge in [-0.25, -0.2) is 0 Å². The van der Waals surface area contributed by atoms with E-state index in [-0.39, 0.29) is 0 Å². The molecule has 0 saturated heterocycles. The van der Waals surface area contributed by atoms with Gasteiger partial charge in [0.25, 0.3) is 0 Å². The quantitative estimate of drug-likeness (QED) is 0.779. The van der Waals surface area contributed by atoms with Gasteiger partial charge >= 0.3 is 0 Å². The van der Waals surface area contributed by atoms with E-state index in [1.165, 1.54) is 56.1 Å². The Kier molecular flexibility index (Phi) is 3.79. The lowest BCUT2D eigenvalue weighted by Crippen LogP contribution is -2.21. The number of benzene rings is 1. The zero-order valence-electron chi connectivity index (χ0n) is 13.0. The van der Waals surface area contributed by atoms with Crippen molar-refractivity contribution in [2.75, 3.05) is 0 Å². The van der Waals surface area contributed by atoms with Crippen molar-refractivity contribution in [1.82, 2.24) is 0 Å². The molecule has 0 amide bonds. The summed E-state index contributed by atoms with van der Waals surface area (Å²) in [6, 6.07) is 6.05. The summed E-state index contributed by atoms with van der Waals surface area (Å²) in [5.41, 5.74) is 3.52. The second-order valence-electron chi connectivity index (χ2n) is 7.56. The number of aryl methyl sites for hydroxylation is 1. The Morgan fingerprint density at radius 3 is 2.75 bits per heavy atom. The van der Waals surface area contributed by atoms with Crippen LogP contribution in [0.3, 0.4) is 0 Å². The van der Waals surface area contributed by atoms with Gasteiger partial charge in [-0.15, -0.1) is 0 Å². The Morgan fingerprint density at radius 1 is 1.25 bits per heavy atom. The van der Waals surface area contributed by atoms with Crippen molar-refractivity contribution in [1.29, 1.82) is 0 Å². The molecule has 110 valence electrons. The second kappa shape index (κ2) is 5.42. The molecule has 1 nitrogen and oxygen atoms in total. The third-order valence-corrected chi connectivity index (χ3v) is 5.95. The zero-order valence-corrected chi connectivity index (χ0v) is 13.0. The van der Waals surface area contributed by atoms with Crippen LogP contribution in [-0.2, 0) is 6.42 Å². The maximum absolute atomic E-state index is 9.68. The largest absolute Gasteiger partial charge is 0.508 e. The van der Waals surface area contributed by atoms with Gasteiger partial charge in [-0.3, -0.25) is 0 Å². The standard InChI is InChI=1S/C19H28O/c1-14-5-6-15-13-16(20)7-8-18(15)17(14)9-12-19(2)10-3-4-11-19/h7-8,13-14,17,20H,3-6,9-12H2,1-2H3. The van der Waals surface area contributed by atoms with Gasteiger partial charge in [0.2, 0.25) is 0 Å². The maximum atomic E-state index is 9.68. The molecule has 2 aliphatic rings. The lowest BCUT2D eigenvalue weighted by Gasteiger charge is -2.34. The van der Waals surface area contributed by atoms with Crippen molar-refractivity contribution in [3.63, 3.8) is 0 Å². The van der Waals surface area contributed by atoms with Gasteiger partial charge in [-0.05, 0) is 79.0 Å². The van der Waals surface area contributed by atoms with E-state index in [1.807, 2.05) is 12.1 Å². The first-order valence-corrected chi connectivity index (χ1v) is 8.39. The Balaban J connectivity index is 1.75. The molecule has 0 bridgehead atoms. The maximum Gasteiger partial charge on any atom is 0.115 e. The number of hydrogen-bond donors (Lipinski definition) is 1. The highest BCUT2D eigenvalue weighted by Crippen LogP contribution is 2.46. The summed E-state index contributed by atoms with van der Waals surface area (Å²) in [5.74, 6) is 1.92. The van der Waals surface area contributed by atoms with Crippen molar-refractivity contribution in [2.24, 2.45) is 11.3 Å². The lowest BCUT2D eigenvalue weighted by atomic mass is 9.71. The highest BCUT2D eigenvalue weighted by molar-refractivity contribution is 5.39. The number of hydrogen-bond acceptors (Lipinski definition) is 1. The van der Waals surface area contributed by atoms with Crippen molar-refractivity contribution >= 4 is 0 Å². The molecule has 1 aromatic carbocycles. The average Bonchev–Trinajstić information content (AvgIpc) is 2.85. The average molecular weight is 272 g/mol. The SMILES string of the molecule is CC1CCc2cc(O)ccc2C1CCC1(C)CCCC1. The molecule has 1 N–H and O–H groups in total. The van der Waals surface area contributed by atoms with Crippen LogP contribution in [0.2, 0.25) is 0 Å².